The van der Waals surface area contributed by atoms with E-state index in [1.54, 1.807) is 12.1 Å². The summed E-state index contributed by atoms with van der Waals surface area (Å²) in [6.07, 6.45) is 1.95. The molecule has 0 saturated heterocycles. The molecule has 0 spiro atoms. The molecule has 6 rings (SSSR count). The minimum absolute atomic E-state index is 0.185. The Morgan fingerprint density at radius 1 is 0.818 bits per heavy atom. The Balaban J connectivity index is 1.43. The predicted molar refractivity (Wildman–Crippen MR) is 128 cm³/mol. The lowest BCUT2D eigenvalue weighted by atomic mass is 10.1. The third-order valence-corrected chi connectivity index (χ3v) is 6.32. The molecule has 0 atom stereocenters. The van der Waals surface area contributed by atoms with Crippen LogP contribution in [0, 0.1) is 0 Å². The lowest BCUT2D eigenvalue weighted by molar-refractivity contribution is 0.643. The third-order valence-electron chi connectivity index (χ3n) is 5.42. The summed E-state index contributed by atoms with van der Waals surface area (Å²) >= 11 is 1.38. The Kier molecular flexibility index (Phi) is 4.73. The molecule has 0 unspecified atom stereocenters. The maximum absolute atomic E-state index is 12.8. The van der Waals surface area contributed by atoms with Crippen LogP contribution in [0.5, 0.6) is 0 Å². The van der Waals surface area contributed by atoms with Gasteiger partial charge in [0.1, 0.15) is 5.52 Å². The maximum Gasteiger partial charge on any atom is 0.278 e. The lowest BCUT2D eigenvalue weighted by Crippen LogP contribution is -2.23. The summed E-state index contributed by atoms with van der Waals surface area (Å²) in [4.78, 5) is 16.1. The van der Waals surface area contributed by atoms with E-state index in [0.717, 1.165) is 28.0 Å². The minimum atomic E-state index is -0.185. The van der Waals surface area contributed by atoms with Crippen molar-refractivity contribution in [2.75, 3.05) is 0 Å². The number of aromatic amines is 1. The van der Waals surface area contributed by atoms with E-state index in [-0.39, 0.29) is 11.4 Å². The fraction of sp³-hybridized carbons (Fsp3) is 0.0417. The van der Waals surface area contributed by atoms with Crippen LogP contribution in [0.2, 0.25) is 0 Å². The molecule has 3 heterocycles. The number of rotatable bonds is 5. The van der Waals surface area contributed by atoms with Crippen molar-refractivity contribution >= 4 is 33.6 Å². The van der Waals surface area contributed by atoms with Crippen LogP contribution >= 0.6 is 11.8 Å². The molecule has 3 aromatic heterocycles. The molecule has 0 radical (unpaired) electrons. The normalized spacial score (nSPS) is 11.4. The number of nitrogens with one attached hydrogen (secondary N) is 1. The van der Waals surface area contributed by atoms with E-state index >= 15 is 0 Å². The number of aromatic nitrogens is 7. The van der Waals surface area contributed by atoms with Gasteiger partial charge in [-0.05, 0) is 30.3 Å². The minimum Gasteiger partial charge on any atom is -0.360 e. The first kappa shape index (κ1) is 19.4. The van der Waals surface area contributed by atoms with Gasteiger partial charge in [-0.25, -0.2) is 0 Å². The van der Waals surface area contributed by atoms with Gasteiger partial charge in [-0.15, -0.1) is 15.3 Å². The van der Waals surface area contributed by atoms with Gasteiger partial charge in [0.25, 0.3) is 5.56 Å². The van der Waals surface area contributed by atoms with Crippen LogP contribution in [0.15, 0.2) is 95.0 Å². The summed E-state index contributed by atoms with van der Waals surface area (Å²) in [7, 11) is 0. The van der Waals surface area contributed by atoms with Gasteiger partial charge in [0, 0.05) is 28.4 Å². The molecule has 33 heavy (non-hydrogen) atoms. The molecule has 0 bridgehead atoms. The van der Waals surface area contributed by atoms with E-state index in [1.165, 1.54) is 16.4 Å². The summed E-state index contributed by atoms with van der Waals surface area (Å²) in [5.41, 5.74) is 3.31. The first-order valence-corrected chi connectivity index (χ1v) is 11.3. The van der Waals surface area contributed by atoms with E-state index in [1.807, 2.05) is 71.4 Å². The number of fused-ring (bicyclic) bond motifs is 2. The molecule has 0 aliphatic carbocycles. The zero-order valence-corrected chi connectivity index (χ0v) is 18.1. The van der Waals surface area contributed by atoms with Gasteiger partial charge in [0.2, 0.25) is 0 Å². The van der Waals surface area contributed by atoms with Crippen LogP contribution < -0.4 is 5.56 Å². The number of benzene rings is 3. The Bertz CT molecular complexity index is 1650. The molecule has 0 aliphatic heterocycles. The second-order valence-corrected chi connectivity index (χ2v) is 8.32. The first-order chi connectivity index (χ1) is 16.3. The molecule has 3 aromatic carbocycles. The Hall–Kier alpha value is -4.24. The quantitative estimate of drug-likeness (QED) is 0.394. The van der Waals surface area contributed by atoms with Gasteiger partial charge in [0.05, 0.1) is 11.3 Å². The van der Waals surface area contributed by atoms with Crippen molar-refractivity contribution in [2.45, 2.75) is 11.0 Å². The van der Waals surface area contributed by atoms with Gasteiger partial charge < -0.3 is 4.98 Å². The highest BCUT2D eigenvalue weighted by molar-refractivity contribution is 7.98. The summed E-state index contributed by atoms with van der Waals surface area (Å²) in [6, 6.07) is 25.2. The van der Waals surface area contributed by atoms with Crippen LogP contribution in [0.3, 0.4) is 0 Å². The van der Waals surface area contributed by atoms with Crippen molar-refractivity contribution in [1.29, 1.82) is 0 Å². The number of H-pyrrole nitrogens is 1. The largest absolute Gasteiger partial charge is 0.360 e. The van der Waals surface area contributed by atoms with Crippen molar-refractivity contribution in [3.8, 4) is 17.1 Å². The van der Waals surface area contributed by atoms with Gasteiger partial charge in [-0.2, -0.15) is 4.68 Å². The van der Waals surface area contributed by atoms with E-state index in [2.05, 4.69) is 31.6 Å². The molecule has 0 saturated carbocycles. The van der Waals surface area contributed by atoms with Gasteiger partial charge in [0.15, 0.2) is 11.0 Å². The third kappa shape index (κ3) is 3.39. The zero-order chi connectivity index (χ0) is 22.2. The average molecular weight is 452 g/mol. The van der Waals surface area contributed by atoms with Crippen LogP contribution in [0.25, 0.3) is 38.9 Å². The Morgan fingerprint density at radius 3 is 2.45 bits per heavy atom. The SMILES string of the molecule is O=c1c2ccccc2nnn1CSc1nnc(-c2c[nH]c3ccccc23)n1-c1ccccc1. The van der Waals surface area contributed by atoms with Gasteiger partial charge in [-0.3, -0.25) is 9.36 Å². The smallest absolute Gasteiger partial charge is 0.278 e. The number of hydrogen-bond acceptors (Lipinski definition) is 6. The highest BCUT2D eigenvalue weighted by Gasteiger charge is 2.19. The van der Waals surface area contributed by atoms with Crippen molar-refractivity contribution in [2.24, 2.45) is 0 Å². The number of hydrogen-bond donors (Lipinski definition) is 1. The summed E-state index contributed by atoms with van der Waals surface area (Å²) in [5, 5.41) is 19.5. The van der Waals surface area contributed by atoms with E-state index in [0.29, 0.717) is 16.1 Å². The standard InChI is InChI=1S/C24H17N7OS/c32-23-18-11-5-7-13-21(18)26-29-30(23)15-33-24-28-27-22(31(24)16-8-2-1-3-9-16)19-14-25-20-12-6-4-10-17(19)20/h1-14,25H,15H2. The summed E-state index contributed by atoms with van der Waals surface area (Å²) in [6.45, 7) is 0. The topological polar surface area (TPSA) is 94.3 Å². The molecule has 1 N–H and O–H groups in total. The number of nitrogens with zero attached hydrogens (tertiary/aromatic N) is 6. The molecule has 0 aliphatic rings. The summed E-state index contributed by atoms with van der Waals surface area (Å²) in [5.74, 6) is 0.980. The van der Waals surface area contributed by atoms with Crippen LogP contribution in [0.4, 0.5) is 0 Å². The maximum atomic E-state index is 12.8. The number of para-hydroxylation sites is 2. The molecule has 6 aromatic rings. The highest BCUT2D eigenvalue weighted by atomic mass is 32.2. The molecule has 9 heteroatoms. The molecule has 160 valence electrons. The average Bonchev–Trinajstić information content (AvgIpc) is 3.48. The first-order valence-electron chi connectivity index (χ1n) is 10.3. The molecule has 0 amide bonds. The fourth-order valence-corrected chi connectivity index (χ4v) is 4.66. The van der Waals surface area contributed by atoms with E-state index in [9.17, 15) is 4.79 Å². The molecule has 8 nitrogen and oxygen atoms in total. The predicted octanol–water partition coefficient (Wildman–Crippen LogP) is 4.27. The van der Waals surface area contributed by atoms with Gasteiger partial charge in [-0.1, -0.05) is 65.5 Å². The van der Waals surface area contributed by atoms with Crippen molar-refractivity contribution in [1.82, 2.24) is 34.7 Å². The van der Waals surface area contributed by atoms with Crippen molar-refractivity contribution < 1.29 is 0 Å². The Labute approximate surface area is 191 Å². The number of thioether (sulfide) groups is 1. The highest BCUT2D eigenvalue weighted by Crippen LogP contribution is 2.32. The Morgan fingerprint density at radius 2 is 1.58 bits per heavy atom. The van der Waals surface area contributed by atoms with E-state index < -0.39 is 0 Å². The molecular weight excluding hydrogens is 434 g/mol. The molecule has 0 fully saturated rings. The second-order valence-electron chi connectivity index (χ2n) is 7.41. The molecular formula is C24H17N7OS. The van der Waals surface area contributed by atoms with Crippen LogP contribution in [-0.2, 0) is 5.88 Å². The van der Waals surface area contributed by atoms with Gasteiger partial charge >= 0.3 is 0 Å². The monoisotopic (exact) mass is 451 g/mol. The second kappa shape index (κ2) is 8.03. The van der Waals surface area contributed by atoms with Crippen LogP contribution in [-0.4, -0.2) is 34.7 Å². The van der Waals surface area contributed by atoms with Crippen molar-refractivity contribution in [3.05, 3.63) is 95.4 Å². The lowest BCUT2D eigenvalue weighted by Gasteiger charge is -2.10. The summed E-state index contributed by atoms with van der Waals surface area (Å²) < 4.78 is 3.35. The van der Waals surface area contributed by atoms with Crippen LogP contribution in [0.1, 0.15) is 0 Å². The van der Waals surface area contributed by atoms with E-state index in [4.69, 9.17) is 0 Å². The van der Waals surface area contributed by atoms with Crippen molar-refractivity contribution in [3.63, 3.8) is 0 Å². The zero-order valence-electron chi connectivity index (χ0n) is 17.3. The fourth-order valence-electron chi connectivity index (χ4n) is 3.83.